The molecule has 3 aromatic rings. The van der Waals surface area contributed by atoms with Crippen LogP contribution in [0.1, 0.15) is 37.9 Å². The number of ether oxygens (including phenoxy) is 1. The van der Waals surface area contributed by atoms with E-state index in [0.717, 1.165) is 35.4 Å². The summed E-state index contributed by atoms with van der Waals surface area (Å²) in [4.78, 5) is 21.9. The molecule has 0 saturated carbocycles. The molecule has 1 heterocycles. The molecule has 0 fully saturated rings. The van der Waals surface area contributed by atoms with Gasteiger partial charge in [-0.1, -0.05) is 80.1 Å². The van der Waals surface area contributed by atoms with E-state index < -0.39 is 0 Å². The van der Waals surface area contributed by atoms with Crippen LogP contribution >= 0.6 is 0 Å². The van der Waals surface area contributed by atoms with Crippen molar-refractivity contribution in [2.24, 2.45) is 0 Å². The number of aromatic nitrogens is 2. The standard InChI is InChI=1S/C25H27N3O2/c1-3-5-16-30-25(29)21(4-2)28-24-22(17-19-12-8-6-9-13-19)27-23(18-26-24)20-14-10-7-11-15-20/h4,6-15,18H,3,5,16-17H2,1-2H3,(H,26,28)/b21-4-. The third-order valence-corrected chi connectivity index (χ3v) is 4.62. The van der Waals surface area contributed by atoms with Crippen LogP contribution in [-0.2, 0) is 16.0 Å². The van der Waals surface area contributed by atoms with Gasteiger partial charge in [0.25, 0.3) is 0 Å². The van der Waals surface area contributed by atoms with Crippen molar-refractivity contribution < 1.29 is 9.53 Å². The van der Waals surface area contributed by atoms with Crippen LogP contribution in [0, 0.1) is 0 Å². The molecule has 0 unspecified atom stereocenters. The Morgan fingerprint density at radius 3 is 2.43 bits per heavy atom. The quantitative estimate of drug-likeness (QED) is 0.296. The normalized spacial score (nSPS) is 11.2. The molecule has 0 atom stereocenters. The maximum atomic E-state index is 12.4. The van der Waals surface area contributed by atoms with Gasteiger partial charge in [0.1, 0.15) is 5.70 Å². The third kappa shape index (κ3) is 5.77. The van der Waals surface area contributed by atoms with Crippen molar-refractivity contribution in [3.05, 3.63) is 89.9 Å². The second-order valence-corrected chi connectivity index (χ2v) is 6.90. The Labute approximate surface area is 177 Å². The maximum Gasteiger partial charge on any atom is 0.354 e. The average molecular weight is 402 g/mol. The van der Waals surface area contributed by atoms with Crippen molar-refractivity contribution >= 4 is 11.8 Å². The van der Waals surface area contributed by atoms with Gasteiger partial charge < -0.3 is 10.1 Å². The first-order chi connectivity index (χ1) is 14.7. The average Bonchev–Trinajstić information content (AvgIpc) is 2.79. The molecule has 0 saturated heterocycles. The number of benzene rings is 2. The van der Waals surface area contributed by atoms with Crippen LogP contribution in [0.5, 0.6) is 0 Å². The topological polar surface area (TPSA) is 64.1 Å². The number of nitrogens with zero attached hydrogens (tertiary/aromatic N) is 2. The van der Waals surface area contributed by atoms with Crippen molar-refractivity contribution in [3.63, 3.8) is 0 Å². The SMILES string of the molecule is C/C=C(\Nc1ncc(-c2ccccc2)nc1Cc1ccccc1)C(=O)OCCCC. The Hall–Kier alpha value is -3.47. The van der Waals surface area contributed by atoms with E-state index in [0.29, 0.717) is 24.5 Å². The summed E-state index contributed by atoms with van der Waals surface area (Å²) in [6.07, 6.45) is 5.83. The molecule has 0 amide bonds. The van der Waals surface area contributed by atoms with E-state index in [9.17, 15) is 4.79 Å². The molecule has 5 nitrogen and oxygen atoms in total. The first-order valence-electron chi connectivity index (χ1n) is 10.3. The summed E-state index contributed by atoms with van der Waals surface area (Å²) in [5.74, 6) is 0.171. The molecule has 1 N–H and O–H groups in total. The van der Waals surface area contributed by atoms with E-state index in [4.69, 9.17) is 9.72 Å². The van der Waals surface area contributed by atoms with E-state index in [1.165, 1.54) is 0 Å². The number of unbranched alkanes of at least 4 members (excludes halogenated alkanes) is 1. The lowest BCUT2D eigenvalue weighted by Crippen LogP contribution is -2.17. The number of anilines is 1. The number of carbonyl (C=O) groups excluding carboxylic acids is 1. The zero-order valence-corrected chi connectivity index (χ0v) is 17.5. The third-order valence-electron chi connectivity index (χ3n) is 4.62. The van der Waals surface area contributed by atoms with Crippen LogP contribution in [0.2, 0.25) is 0 Å². The van der Waals surface area contributed by atoms with E-state index >= 15 is 0 Å². The highest BCUT2D eigenvalue weighted by atomic mass is 16.5. The van der Waals surface area contributed by atoms with E-state index in [1.54, 1.807) is 19.2 Å². The van der Waals surface area contributed by atoms with Crippen molar-refractivity contribution in [1.82, 2.24) is 9.97 Å². The monoisotopic (exact) mass is 401 g/mol. The van der Waals surface area contributed by atoms with Crippen LogP contribution in [0.3, 0.4) is 0 Å². The Kier molecular flexibility index (Phi) is 7.72. The molecular formula is C25H27N3O2. The molecule has 0 bridgehead atoms. The highest BCUT2D eigenvalue weighted by molar-refractivity contribution is 5.91. The van der Waals surface area contributed by atoms with E-state index in [-0.39, 0.29) is 5.97 Å². The smallest absolute Gasteiger partial charge is 0.354 e. The number of rotatable bonds is 9. The minimum absolute atomic E-state index is 0.363. The maximum absolute atomic E-state index is 12.4. The molecule has 0 aliphatic carbocycles. The van der Waals surface area contributed by atoms with Gasteiger partial charge in [-0.05, 0) is 18.9 Å². The highest BCUT2D eigenvalue weighted by Crippen LogP contribution is 2.22. The van der Waals surface area contributed by atoms with Crippen molar-refractivity contribution in [3.8, 4) is 11.3 Å². The Morgan fingerprint density at radius 1 is 1.07 bits per heavy atom. The van der Waals surface area contributed by atoms with Crippen molar-refractivity contribution in [1.29, 1.82) is 0 Å². The van der Waals surface area contributed by atoms with Gasteiger partial charge in [-0.2, -0.15) is 0 Å². The predicted molar refractivity (Wildman–Crippen MR) is 120 cm³/mol. The summed E-state index contributed by atoms with van der Waals surface area (Å²) in [6, 6.07) is 20.0. The summed E-state index contributed by atoms with van der Waals surface area (Å²) >= 11 is 0. The lowest BCUT2D eigenvalue weighted by molar-refractivity contribution is -0.138. The number of allylic oxidation sites excluding steroid dienone is 1. The molecule has 154 valence electrons. The highest BCUT2D eigenvalue weighted by Gasteiger charge is 2.16. The fourth-order valence-electron chi connectivity index (χ4n) is 2.95. The second kappa shape index (κ2) is 10.9. The van der Waals surface area contributed by atoms with Gasteiger partial charge in [-0.25, -0.2) is 14.8 Å². The van der Waals surface area contributed by atoms with Gasteiger partial charge in [0, 0.05) is 12.0 Å². The van der Waals surface area contributed by atoms with Gasteiger partial charge in [-0.15, -0.1) is 0 Å². The molecule has 0 aliphatic rings. The molecular weight excluding hydrogens is 374 g/mol. The van der Waals surface area contributed by atoms with E-state index in [1.807, 2.05) is 48.5 Å². The minimum Gasteiger partial charge on any atom is -0.461 e. The number of hydrogen-bond donors (Lipinski definition) is 1. The molecule has 1 aromatic heterocycles. The largest absolute Gasteiger partial charge is 0.461 e. The molecule has 0 aliphatic heterocycles. The zero-order chi connectivity index (χ0) is 21.2. The summed E-state index contributed by atoms with van der Waals surface area (Å²) in [5.41, 5.74) is 4.04. The van der Waals surface area contributed by atoms with Crippen molar-refractivity contribution in [2.45, 2.75) is 33.1 Å². The van der Waals surface area contributed by atoms with Crippen LogP contribution < -0.4 is 5.32 Å². The fraction of sp³-hybridized carbons (Fsp3) is 0.240. The zero-order valence-electron chi connectivity index (χ0n) is 17.5. The van der Waals surface area contributed by atoms with Crippen molar-refractivity contribution in [2.75, 3.05) is 11.9 Å². The summed E-state index contributed by atoms with van der Waals surface area (Å²) < 4.78 is 5.34. The molecule has 0 spiro atoms. The molecule has 3 rings (SSSR count). The predicted octanol–water partition coefficient (Wildman–Crippen LogP) is 5.39. The van der Waals surface area contributed by atoms with Crippen LogP contribution in [0.15, 0.2) is 78.6 Å². The van der Waals surface area contributed by atoms with Gasteiger partial charge >= 0.3 is 5.97 Å². The fourth-order valence-corrected chi connectivity index (χ4v) is 2.95. The molecule has 0 radical (unpaired) electrons. The van der Waals surface area contributed by atoms with Gasteiger partial charge in [0.15, 0.2) is 5.82 Å². The molecule has 5 heteroatoms. The first kappa shape index (κ1) is 21.2. The molecule has 30 heavy (non-hydrogen) atoms. The number of nitrogens with one attached hydrogen (secondary N) is 1. The number of hydrogen-bond acceptors (Lipinski definition) is 5. The van der Waals surface area contributed by atoms with Gasteiger partial charge in [0.2, 0.25) is 0 Å². The summed E-state index contributed by atoms with van der Waals surface area (Å²) in [7, 11) is 0. The summed E-state index contributed by atoms with van der Waals surface area (Å²) in [6.45, 7) is 4.26. The second-order valence-electron chi connectivity index (χ2n) is 6.90. The molecule has 2 aromatic carbocycles. The Morgan fingerprint density at radius 2 is 1.77 bits per heavy atom. The Bertz CT molecular complexity index is 986. The number of carbonyl (C=O) groups is 1. The van der Waals surface area contributed by atoms with Gasteiger partial charge in [0.05, 0.1) is 24.2 Å². The minimum atomic E-state index is -0.384. The number of esters is 1. The first-order valence-corrected chi connectivity index (χ1v) is 10.3. The lowest BCUT2D eigenvalue weighted by atomic mass is 10.1. The van der Waals surface area contributed by atoms with E-state index in [2.05, 4.69) is 29.4 Å². The van der Waals surface area contributed by atoms with Crippen LogP contribution in [0.25, 0.3) is 11.3 Å². The van der Waals surface area contributed by atoms with Gasteiger partial charge in [-0.3, -0.25) is 0 Å². The Balaban J connectivity index is 1.89. The summed E-state index contributed by atoms with van der Waals surface area (Å²) in [5, 5.41) is 3.14. The van der Waals surface area contributed by atoms with Crippen LogP contribution in [-0.4, -0.2) is 22.5 Å². The van der Waals surface area contributed by atoms with Crippen LogP contribution in [0.4, 0.5) is 5.82 Å². The lowest BCUT2D eigenvalue weighted by Gasteiger charge is -2.14.